The number of hydrogen-bond donors (Lipinski definition) is 1. The number of rotatable bonds is 6. The molecule has 1 N–H and O–H groups in total. The van der Waals surface area contributed by atoms with Crippen LogP contribution in [0.1, 0.15) is 10.4 Å². The number of carbonyl (C=O) groups is 1. The number of phenols is 1. The molecule has 1 aliphatic heterocycles. The van der Waals surface area contributed by atoms with E-state index in [0.29, 0.717) is 18.9 Å². The van der Waals surface area contributed by atoms with Gasteiger partial charge in [0.05, 0.1) is 13.1 Å². The van der Waals surface area contributed by atoms with E-state index in [1.807, 2.05) is 30.5 Å². The summed E-state index contributed by atoms with van der Waals surface area (Å²) >= 11 is 1.57. The average molecular weight is 343 g/mol. The zero-order valence-corrected chi connectivity index (χ0v) is 14.0. The van der Waals surface area contributed by atoms with E-state index in [4.69, 9.17) is 4.74 Å². The second kappa shape index (κ2) is 7.27. The first kappa shape index (κ1) is 16.2. The maximum atomic E-state index is 12.6. The third-order valence-electron chi connectivity index (χ3n) is 3.47. The summed E-state index contributed by atoms with van der Waals surface area (Å²) < 4.78 is 5.48. The molecule has 0 bridgehead atoms. The molecular formula is C17H17N3O3S. The highest BCUT2D eigenvalue weighted by Gasteiger charge is 2.21. The van der Waals surface area contributed by atoms with Gasteiger partial charge in [0.15, 0.2) is 23.9 Å². The van der Waals surface area contributed by atoms with Crippen LogP contribution in [0.4, 0.5) is 0 Å². The van der Waals surface area contributed by atoms with Crippen molar-refractivity contribution in [3.63, 3.8) is 0 Å². The van der Waals surface area contributed by atoms with Gasteiger partial charge in [0.25, 0.3) is 5.91 Å². The van der Waals surface area contributed by atoms with Crippen molar-refractivity contribution in [2.45, 2.75) is 13.5 Å². The van der Waals surface area contributed by atoms with Crippen LogP contribution in [-0.2, 0) is 11.3 Å². The van der Waals surface area contributed by atoms with Crippen LogP contribution in [0, 0.1) is 6.92 Å². The smallest absolute Gasteiger partial charge is 0.266 e. The highest BCUT2D eigenvalue weighted by Crippen LogP contribution is 2.27. The molecule has 0 fully saturated rings. The Labute approximate surface area is 143 Å². The lowest BCUT2D eigenvalue weighted by Gasteiger charge is -2.21. The molecule has 1 amide bonds. The lowest BCUT2D eigenvalue weighted by Crippen LogP contribution is -2.33. The first-order chi connectivity index (χ1) is 11.6. The van der Waals surface area contributed by atoms with Gasteiger partial charge in [-0.1, -0.05) is 12.1 Å². The molecule has 0 spiro atoms. The van der Waals surface area contributed by atoms with Crippen LogP contribution in [0.25, 0.3) is 0 Å². The fourth-order valence-corrected chi connectivity index (χ4v) is 2.96. The van der Waals surface area contributed by atoms with E-state index in [2.05, 4.69) is 10.2 Å². The van der Waals surface area contributed by atoms with E-state index in [1.54, 1.807) is 34.4 Å². The number of aryl methyl sites for hydroxylation is 1. The molecule has 0 unspecified atom stereocenters. The second-order valence-electron chi connectivity index (χ2n) is 5.31. The van der Waals surface area contributed by atoms with Crippen LogP contribution in [0.2, 0.25) is 0 Å². The number of nitrogens with zero attached hydrogens (tertiary/aromatic N) is 3. The number of aromatic hydroxyl groups is 1. The quantitative estimate of drug-likeness (QED) is 0.872. The highest BCUT2D eigenvalue weighted by molar-refractivity contribution is 7.09. The summed E-state index contributed by atoms with van der Waals surface area (Å²) in [4.78, 5) is 15.2. The van der Waals surface area contributed by atoms with E-state index in [-0.39, 0.29) is 24.0 Å². The van der Waals surface area contributed by atoms with Gasteiger partial charge in [-0.2, -0.15) is 5.11 Å². The molecule has 0 saturated carbocycles. The number of phenolic OH excluding ortho intramolecular Hbond substituents is 1. The molecule has 2 aromatic rings. The third kappa shape index (κ3) is 3.80. The predicted molar refractivity (Wildman–Crippen MR) is 91.0 cm³/mol. The maximum absolute atomic E-state index is 12.6. The predicted octanol–water partition coefficient (Wildman–Crippen LogP) is 3.48. The monoisotopic (exact) mass is 343 g/mol. The first-order valence-corrected chi connectivity index (χ1v) is 8.34. The Kier molecular flexibility index (Phi) is 4.90. The van der Waals surface area contributed by atoms with Gasteiger partial charge in [-0.25, -0.2) is 0 Å². The van der Waals surface area contributed by atoms with Gasteiger partial charge in [-0.05, 0) is 42.1 Å². The number of azo groups is 1. The number of amides is 1. The van der Waals surface area contributed by atoms with Crippen molar-refractivity contribution in [2.24, 2.45) is 10.2 Å². The number of carbonyl (C=O) groups excluding carboxylic acids is 1. The summed E-state index contributed by atoms with van der Waals surface area (Å²) in [6, 6.07) is 8.96. The lowest BCUT2D eigenvalue weighted by molar-refractivity contribution is -0.132. The van der Waals surface area contributed by atoms with Crippen molar-refractivity contribution in [3.8, 4) is 11.5 Å². The molecular weight excluding hydrogens is 326 g/mol. The Morgan fingerprint density at radius 3 is 2.96 bits per heavy atom. The van der Waals surface area contributed by atoms with Gasteiger partial charge in [-0.15, -0.1) is 16.5 Å². The minimum atomic E-state index is -0.240. The van der Waals surface area contributed by atoms with Gasteiger partial charge in [0, 0.05) is 4.88 Å². The van der Waals surface area contributed by atoms with Crippen molar-refractivity contribution in [3.05, 3.63) is 58.0 Å². The minimum absolute atomic E-state index is 0.0207. The Hall–Kier alpha value is -2.67. The van der Waals surface area contributed by atoms with Crippen LogP contribution >= 0.6 is 11.3 Å². The van der Waals surface area contributed by atoms with Crippen LogP contribution in [0.3, 0.4) is 0 Å². The topological polar surface area (TPSA) is 74.5 Å². The number of benzene rings is 1. The molecule has 0 saturated heterocycles. The van der Waals surface area contributed by atoms with Crippen LogP contribution < -0.4 is 4.74 Å². The molecule has 3 rings (SSSR count). The normalized spacial score (nSPS) is 13.0. The second-order valence-corrected chi connectivity index (χ2v) is 6.34. The molecule has 1 aliphatic rings. The minimum Gasteiger partial charge on any atom is -0.504 e. The Bertz CT molecular complexity index is 784. The van der Waals surface area contributed by atoms with Crippen LogP contribution in [0.15, 0.2) is 57.8 Å². The molecule has 24 heavy (non-hydrogen) atoms. The molecule has 2 heterocycles. The largest absolute Gasteiger partial charge is 0.504 e. The Morgan fingerprint density at radius 1 is 1.42 bits per heavy atom. The molecule has 0 radical (unpaired) electrons. The van der Waals surface area contributed by atoms with Crippen molar-refractivity contribution in [1.82, 2.24) is 4.90 Å². The van der Waals surface area contributed by atoms with E-state index in [1.165, 1.54) is 0 Å². The number of ether oxygens (including phenoxy) is 1. The van der Waals surface area contributed by atoms with Crippen LogP contribution in [0.5, 0.6) is 11.5 Å². The fourth-order valence-electron chi connectivity index (χ4n) is 2.26. The molecule has 1 aromatic carbocycles. The summed E-state index contributed by atoms with van der Waals surface area (Å²) in [6.07, 6.45) is 1.80. The number of hydrogen-bond acceptors (Lipinski definition) is 6. The molecule has 124 valence electrons. The van der Waals surface area contributed by atoms with Gasteiger partial charge in [0.2, 0.25) is 0 Å². The van der Waals surface area contributed by atoms with Crippen molar-refractivity contribution < 1.29 is 14.6 Å². The summed E-state index contributed by atoms with van der Waals surface area (Å²) in [5.74, 6) is 0.597. The van der Waals surface area contributed by atoms with Gasteiger partial charge in [-0.3, -0.25) is 9.69 Å². The summed E-state index contributed by atoms with van der Waals surface area (Å²) in [6.45, 7) is 2.58. The van der Waals surface area contributed by atoms with E-state index in [0.717, 1.165) is 10.4 Å². The zero-order valence-electron chi connectivity index (χ0n) is 13.2. The molecule has 0 atom stereocenters. The maximum Gasteiger partial charge on any atom is 0.266 e. The van der Waals surface area contributed by atoms with E-state index in [9.17, 15) is 9.90 Å². The Morgan fingerprint density at radius 2 is 2.29 bits per heavy atom. The summed E-state index contributed by atoms with van der Waals surface area (Å²) in [7, 11) is 0. The van der Waals surface area contributed by atoms with E-state index >= 15 is 0 Å². The summed E-state index contributed by atoms with van der Waals surface area (Å²) in [5.41, 5.74) is 0.919. The average Bonchev–Trinajstić information content (AvgIpc) is 3.25. The third-order valence-corrected chi connectivity index (χ3v) is 4.33. The molecule has 6 nitrogen and oxygen atoms in total. The number of thiophene rings is 1. The van der Waals surface area contributed by atoms with Crippen molar-refractivity contribution in [2.75, 3.05) is 13.2 Å². The lowest BCUT2D eigenvalue weighted by atomic mass is 10.2. The van der Waals surface area contributed by atoms with Crippen molar-refractivity contribution >= 4 is 17.2 Å². The summed E-state index contributed by atoms with van der Waals surface area (Å²) in [5, 5.41) is 19.7. The van der Waals surface area contributed by atoms with Gasteiger partial charge in [0.1, 0.15) is 0 Å². The fraction of sp³-hybridized carbons (Fsp3) is 0.235. The molecule has 7 heteroatoms. The molecule has 1 aromatic heterocycles. The van der Waals surface area contributed by atoms with Crippen molar-refractivity contribution in [1.29, 1.82) is 0 Å². The van der Waals surface area contributed by atoms with Gasteiger partial charge < -0.3 is 9.84 Å². The Balaban J connectivity index is 1.70. The SMILES string of the molecule is Cc1ccc(OCC(=O)N(Cc2cccs2)C2=CCN=N2)c(O)c1. The van der Waals surface area contributed by atoms with E-state index < -0.39 is 0 Å². The zero-order chi connectivity index (χ0) is 16.9. The van der Waals surface area contributed by atoms with Gasteiger partial charge >= 0.3 is 0 Å². The standard InChI is InChI=1S/C17H17N3O3S/c1-12-4-5-15(14(21)9-12)23-11-17(22)20(16-6-7-18-19-16)10-13-3-2-8-24-13/h2-6,8-9,21H,7,10-11H2,1H3. The highest BCUT2D eigenvalue weighted by atomic mass is 32.1. The molecule has 0 aliphatic carbocycles. The first-order valence-electron chi connectivity index (χ1n) is 7.46. The van der Waals surface area contributed by atoms with Crippen LogP contribution in [-0.4, -0.2) is 29.1 Å².